The predicted molar refractivity (Wildman–Crippen MR) is 97.2 cm³/mol. The van der Waals surface area contributed by atoms with Gasteiger partial charge in [0.1, 0.15) is 17.6 Å². The molecule has 0 spiro atoms. The van der Waals surface area contributed by atoms with Gasteiger partial charge in [-0.1, -0.05) is 6.42 Å². The number of methoxy groups -OCH3 is 3. The first-order chi connectivity index (χ1) is 12.7. The van der Waals surface area contributed by atoms with Crippen LogP contribution in [0.3, 0.4) is 0 Å². The van der Waals surface area contributed by atoms with E-state index in [1.807, 2.05) is 0 Å². The molecule has 26 heavy (non-hydrogen) atoms. The quantitative estimate of drug-likeness (QED) is 0.768. The van der Waals surface area contributed by atoms with Crippen molar-refractivity contribution in [2.75, 3.05) is 21.3 Å². The molecule has 2 heterocycles. The maximum atomic E-state index is 9.73. The van der Waals surface area contributed by atoms with Crippen LogP contribution < -0.4 is 14.2 Å². The van der Waals surface area contributed by atoms with Gasteiger partial charge < -0.3 is 18.8 Å². The van der Waals surface area contributed by atoms with Crippen molar-refractivity contribution in [2.24, 2.45) is 0 Å². The standard InChI is InChI=1S/C19H22N4O3/c1-24-15-11-17(26-3)16(25-2)10-13(15)9-14(12-20)19-22-21-18-7-5-4-6-8-23(18)19/h9-11H,4-8H2,1-3H3/b14-9-. The smallest absolute Gasteiger partial charge is 0.174 e. The van der Waals surface area contributed by atoms with Gasteiger partial charge in [0.2, 0.25) is 0 Å². The zero-order valence-electron chi connectivity index (χ0n) is 15.3. The van der Waals surface area contributed by atoms with E-state index in [9.17, 15) is 5.26 Å². The third-order valence-electron chi connectivity index (χ3n) is 4.51. The summed E-state index contributed by atoms with van der Waals surface area (Å²) < 4.78 is 18.2. The molecule has 7 nitrogen and oxygen atoms in total. The van der Waals surface area contributed by atoms with E-state index in [2.05, 4.69) is 20.8 Å². The van der Waals surface area contributed by atoms with Gasteiger partial charge in [0.05, 0.1) is 26.9 Å². The average Bonchev–Trinajstić information content (AvgIpc) is 2.93. The van der Waals surface area contributed by atoms with Crippen molar-refractivity contribution in [1.82, 2.24) is 14.8 Å². The number of ether oxygens (including phenoxy) is 3. The van der Waals surface area contributed by atoms with E-state index in [0.29, 0.717) is 34.2 Å². The number of rotatable bonds is 5. The number of hydrogen-bond donors (Lipinski definition) is 0. The van der Waals surface area contributed by atoms with Gasteiger partial charge in [-0.2, -0.15) is 5.26 Å². The number of fused-ring (bicyclic) bond motifs is 1. The van der Waals surface area contributed by atoms with Crippen LogP contribution in [-0.4, -0.2) is 36.1 Å². The number of allylic oxidation sites excluding steroid dienone is 1. The molecule has 0 fully saturated rings. The highest BCUT2D eigenvalue weighted by molar-refractivity contribution is 5.89. The molecule has 1 aromatic carbocycles. The highest BCUT2D eigenvalue weighted by Gasteiger charge is 2.19. The average molecular weight is 354 g/mol. The lowest BCUT2D eigenvalue weighted by atomic mass is 10.1. The Morgan fingerprint density at radius 1 is 1.04 bits per heavy atom. The second-order valence-electron chi connectivity index (χ2n) is 6.02. The number of hydrogen-bond acceptors (Lipinski definition) is 6. The summed E-state index contributed by atoms with van der Waals surface area (Å²) >= 11 is 0. The van der Waals surface area contributed by atoms with Crippen LogP contribution in [0.4, 0.5) is 0 Å². The van der Waals surface area contributed by atoms with Crippen LogP contribution in [0, 0.1) is 11.3 Å². The van der Waals surface area contributed by atoms with E-state index >= 15 is 0 Å². The topological polar surface area (TPSA) is 82.2 Å². The molecular formula is C19H22N4O3. The lowest BCUT2D eigenvalue weighted by molar-refractivity contribution is 0.348. The van der Waals surface area contributed by atoms with Gasteiger partial charge in [0, 0.05) is 24.6 Å². The number of nitriles is 1. The predicted octanol–water partition coefficient (Wildman–Crippen LogP) is 3.09. The molecule has 0 radical (unpaired) electrons. The molecule has 1 aliphatic rings. The summed E-state index contributed by atoms with van der Waals surface area (Å²) in [5.74, 6) is 3.26. The van der Waals surface area contributed by atoms with Crippen LogP contribution in [0.1, 0.15) is 36.5 Å². The molecule has 0 amide bonds. The molecule has 3 rings (SSSR count). The van der Waals surface area contributed by atoms with Crippen molar-refractivity contribution in [2.45, 2.75) is 32.2 Å². The van der Waals surface area contributed by atoms with Crippen LogP contribution in [0.25, 0.3) is 11.6 Å². The molecule has 0 N–H and O–H groups in total. The van der Waals surface area contributed by atoms with Crippen molar-refractivity contribution in [1.29, 1.82) is 5.26 Å². The first-order valence-corrected chi connectivity index (χ1v) is 8.56. The first-order valence-electron chi connectivity index (χ1n) is 8.56. The van der Waals surface area contributed by atoms with Crippen molar-refractivity contribution in [3.05, 3.63) is 29.3 Å². The molecule has 0 bridgehead atoms. The van der Waals surface area contributed by atoms with Gasteiger partial charge >= 0.3 is 0 Å². The van der Waals surface area contributed by atoms with Crippen molar-refractivity contribution < 1.29 is 14.2 Å². The van der Waals surface area contributed by atoms with Crippen LogP contribution in [0.2, 0.25) is 0 Å². The second-order valence-corrected chi connectivity index (χ2v) is 6.02. The second kappa shape index (κ2) is 7.91. The molecule has 0 saturated carbocycles. The summed E-state index contributed by atoms with van der Waals surface area (Å²) in [5, 5.41) is 18.3. The van der Waals surface area contributed by atoms with Crippen LogP contribution in [0.15, 0.2) is 12.1 Å². The summed E-state index contributed by atoms with van der Waals surface area (Å²) in [6.07, 6.45) is 5.98. The maximum absolute atomic E-state index is 9.73. The van der Waals surface area contributed by atoms with E-state index in [1.165, 1.54) is 0 Å². The van der Waals surface area contributed by atoms with Crippen molar-refractivity contribution in [3.63, 3.8) is 0 Å². The highest BCUT2D eigenvalue weighted by atomic mass is 16.5. The molecule has 7 heteroatoms. The molecule has 0 unspecified atom stereocenters. The summed E-state index contributed by atoms with van der Waals surface area (Å²) in [7, 11) is 4.72. The third kappa shape index (κ3) is 3.36. The van der Waals surface area contributed by atoms with Gasteiger partial charge in [0.15, 0.2) is 17.3 Å². The van der Waals surface area contributed by atoms with Gasteiger partial charge in [-0.3, -0.25) is 0 Å². The largest absolute Gasteiger partial charge is 0.496 e. The fourth-order valence-corrected chi connectivity index (χ4v) is 3.15. The maximum Gasteiger partial charge on any atom is 0.174 e. The van der Waals surface area contributed by atoms with E-state index in [4.69, 9.17) is 14.2 Å². The SMILES string of the molecule is COc1cc(OC)c(OC)cc1/C=C(/C#N)c1nnc2n1CCCCC2. The Morgan fingerprint density at radius 2 is 1.77 bits per heavy atom. The van der Waals surface area contributed by atoms with E-state index < -0.39 is 0 Å². The Hall–Kier alpha value is -3.01. The zero-order chi connectivity index (χ0) is 18.5. The van der Waals surface area contributed by atoms with E-state index in [1.54, 1.807) is 39.5 Å². The number of aryl methyl sites for hydroxylation is 1. The fourth-order valence-electron chi connectivity index (χ4n) is 3.15. The van der Waals surface area contributed by atoms with E-state index in [-0.39, 0.29) is 0 Å². The minimum Gasteiger partial charge on any atom is -0.496 e. The zero-order valence-corrected chi connectivity index (χ0v) is 15.3. The monoisotopic (exact) mass is 354 g/mol. The minimum atomic E-state index is 0.441. The molecule has 0 aliphatic carbocycles. The summed E-state index contributed by atoms with van der Waals surface area (Å²) in [6, 6.07) is 5.78. The minimum absolute atomic E-state index is 0.441. The highest BCUT2D eigenvalue weighted by Crippen LogP contribution is 2.36. The number of aromatic nitrogens is 3. The lowest BCUT2D eigenvalue weighted by Gasteiger charge is -2.12. The summed E-state index contributed by atoms with van der Waals surface area (Å²) in [6.45, 7) is 0.833. The van der Waals surface area contributed by atoms with Crippen LogP contribution in [-0.2, 0) is 13.0 Å². The number of nitrogens with zero attached hydrogens (tertiary/aromatic N) is 4. The van der Waals surface area contributed by atoms with E-state index in [0.717, 1.165) is 38.1 Å². The molecule has 1 aromatic heterocycles. The normalized spacial score (nSPS) is 14.2. The lowest BCUT2D eigenvalue weighted by Crippen LogP contribution is -2.05. The molecule has 0 atom stereocenters. The van der Waals surface area contributed by atoms with Gasteiger partial charge in [0.25, 0.3) is 0 Å². The molecular weight excluding hydrogens is 332 g/mol. The first kappa shape index (κ1) is 17.8. The van der Waals surface area contributed by atoms with Gasteiger partial charge in [-0.15, -0.1) is 10.2 Å². The Morgan fingerprint density at radius 3 is 2.46 bits per heavy atom. The van der Waals surface area contributed by atoms with Crippen molar-refractivity contribution in [3.8, 4) is 23.3 Å². The molecule has 1 aliphatic heterocycles. The fraction of sp³-hybridized carbons (Fsp3) is 0.421. The summed E-state index contributed by atoms with van der Waals surface area (Å²) in [4.78, 5) is 0. The third-order valence-corrected chi connectivity index (χ3v) is 4.51. The molecule has 0 saturated heterocycles. The Labute approximate surface area is 152 Å². The Balaban J connectivity index is 2.08. The Bertz CT molecular complexity index is 864. The van der Waals surface area contributed by atoms with Gasteiger partial charge in [-0.25, -0.2) is 0 Å². The van der Waals surface area contributed by atoms with Crippen LogP contribution in [0.5, 0.6) is 17.2 Å². The molecule has 2 aromatic rings. The summed E-state index contributed by atoms with van der Waals surface area (Å²) in [5.41, 5.74) is 1.16. The Kier molecular flexibility index (Phi) is 5.42. The van der Waals surface area contributed by atoms with Crippen LogP contribution >= 0.6 is 0 Å². The molecule has 136 valence electrons. The van der Waals surface area contributed by atoms with Gasteiger partial charge in [-0.05, 0) is 25.0 Å². The van der Waals surface area contributed by atoms with Crippen molar-refractivity contribution >= 4 is 11.6 Å². The number of benzene rings is 1.